The molecule has 0 saturated carbocycles. The number of benzene rings is 1. The minimum Gasteiger partial charge on any atom is -0.366 e. The van der Waals surface area contributed by atoms with Gasteiger partial charge in [0.25, 0.3) is 0 Å². The first-order valence-corrected chi connectivity index (χ1v) is 8.48. The molecular formula is C19H21FN4O. The summed E-state index contributed by atoms with van der Waals surface area (Å²) < 4.78 is 22.2. The van der Waals surface area contributed by atoms with Crippen LogP contribution < -0.4 is 0 Å². The molecule has 25 heavy (non-hydrogen) atoms. The monoisotopic (exact) mass is 340 g/mol. The number of rotatable bonds is 5. The van der Waals surface area contributed by atoms with Crippen molar-refractivity contribution >= 4 is 11.0 Å². The highest BCUT2D eigenvalue weighted by Crippen LogP contribution is 2.21. The lowest BCUT2D eigenvalue weighted by Crippen LogP contribution is -2.25. The Kier molecular flexibility index (Phi) is 4.46. The molecule has 3 heterocycles. The summed E-state index contributed by atoms with van der Waals surface area (Å²) in [5.74, 6) is 0.820. The zero-order chi connectivity index (χ0) is 17.2. The Bertz CT molecular complexity index is 851. The fourth-order valence-electron chi connectivity index (χ4n) is 3.35. The van der Waals surface area contributed by atoms with E-state index in [1.807, 2.05) is 48.0 Å². The number of nitrogens with zero attached hydrogens (tertiary/aromatic N) is 4. The molecule has 3 aromatic rings. The van der Waals surface area contributed by atoms with Gasteiger partial charge in [-0.15, -0.1) is 0 Å². The molecule has 1 aliphatic rings. The van der Waals surface area contributed by atoms with Crippen LogP contribution in [0, 0.1) is 0 Å². The van der Waals surface area contributed by atoms with Crippen LogP contribution in [0.25, 0.3) is 11.0 Å². The van der Waals surface area contributed by atoms with Gasteiger partial charge in [-0.25, -0.2) is 9.37 Å². The standard InChI is InChI=1S/C19H21FN4O/c1-23-17-5-3-2-4-16(17)22-19(23)13-25-18-12-24(11-15(18)20)10-14-6-8-21-9-7-14/h2-9,15,18H,10-13H2,1H3/t15-,18+/m1/s1. The Morgan fingerprint density at radius 1 is 1.16 bits per heavy atom. The van der Waals surface area contributed by atoms with Crippen molar-refractivity contribution in [2.75, 3.05) is 13.1 Å². The molecule has 0 radical (unpaired) electrons. The Hall–Kier alpha value is -2.31. The van der Waals surface area contributed by atoms with E-state index in [1.165, 1.54) is 0 Å². The number of imidazole rings is 1. The van der Waals surface area contributed by atoms with Crippen LogP contribution in [-0.2, 0) is 24.9 Å². The van der Waals surface area contributed by atoms with Crippen molar-refractivity contribution in [1.29, 1.82) is 0 Å². The zero-order valence-corrected chi connectivity index (χ0v) is 14.2. The molecular weight excluding hydrogens is 319 g/mol. The maximum absolute atomic E-state index is 14.3. The minimum absolute atomic E-state index is 0.319. The molecule has 0 N–H and O–H groups in total. The molecule has 0 unspecified atom stereocenters. The van der Waals surface area contributed by atoms with Gasteiger partial charge in [-0.3, -0.25) is 9.88 Å². The number of aryl methyl sites for hydroxylation is 1. The molecule has 1 saturated heterocycles. The first-order valence-electron chi connectivity index (χ1n) is 8.48. The van der Waals surface area contributed by atoms with Crippen LogP contribution in [0.15, 0.2) is 48.8 Å². The van der Waals surface area contributed by atoms with Crippen molar-refractivity contribution in [3.63, 3.8) is 0 Å². The Labute approximate surface area is 146 Å². The number of hydrogen-bond acceptors (Lipinski definition) is 4. The molecule has 0 bridgehead atoms. The van der Waals surface area contributed by atoms with Crippen LogP contribution in [0.5, 0.6) is 0 Å². The molecule has 6 heteroatoms. The van der Waals surface area contributed by atoms with Crippen molar-refractivity contribution in [3.05, 3.63) is 60.2 Å². The smallest absolute Gasteiger partial charge is 0.140 e. The summed E-state index contributed by atoms with van der Waals surface area (Å²) in [5, 5.41) is 0. The third-order valence-electron chi connectivity index (χ3n) is 4.74. The van der Waals surface area contributed by atoms with Gasteiger partial charge in [-0.1, -0.05) is 12.1 Å². The van der Waals surface area contributed by atoms with Gasteiger partial charge in [0.1, 0.15) is 24.7 Å². The third kappa shape index (κ3) is 3.41. The number of halogens is 1. The highest BCUT2D eigenvalue weighted by atomic mass is 19.1. The lowest BCUT2D eigenvalue weighted by molar-refractivity contribution is 0.00749. The largest absolute Gasteiger partial charge is 0.366 e. The van der Waals surface area contributed by atoms with Crippen LogP contribution in [0.3, 0.4) is 0 Å². The molecule has 0 aliphatic carbocycles. The van der Waals surface area contributed by atoms with Gasteiger partial charge < -0.3 is 9.30 Å². The quantitative estimate of drug-likeness (QED) is 0.716. The fraction of sp³-hybridized carbons (Fsp3) is 0.368. The summed E-state index contributed by atoms with van der Waals surface area (Å²) in [7, 11) is 1.96. The van der Waals surface area contributed by atoms with Crippen LogP contribution in [0.2, 0.25) is 0 Å². The van der Waals surface area contributed by atoms with Crippen LogP contribution >= 0.6 is 0 Å². The highest BCUT2D eigenvalue weighted by Gasteiger charge is 2.33. The van der Waals surface area contributed by atoms with Crippen molar-refractivity contribution in [3.8, 4) is 0 Å². The topological polar surface area (TPSA) is 43.2 Å². The van der Waals surface area contributed by atoms with E-state index in [0.717, 1.165) is 29.0 Å². The number of aromatic nitrogens is 3. The summed E-state index contributed by atoms with van der Waals surface area (Å²) in [4.78, 5) is 10.7. The predicted molar refractivity (Wildman–Crippen MR) is 93.7 cm³/mol. The van der Waals surface area contributed by atoms with E-state index in [2.05, 4.69) is 14.9 Å². The van der Waals surface area contributed by atoms with E-state index >= 15 is 0 Å². The second kappa shape index (κ2) is 6.90. The molecule has 0 amide bonds. The number of fused-ring (bicyclic) bond motifs is 1. The van der Waals surface area contributed by atoms with Crippen LogP contribution in [0.1, 0.15) is 11.4 Å². The molecule has 4 rings (SSSR count). The minimum atomic E-state index is -0.975. The maximum Gasteiger partial charge on any atom is 0.140 e. The summed E-state index contributed by atoms with van der Waals surface area (Å²) in [6.07, 6.45) is 2.13. The van der Waals surface area contributed by atoms with E-state index in [4.69, 9.17) is 4.74 Å². The van der Waals surface area contributed by atoms with Gasteiger partial charge in [0.15, 0.2) is 0 Å². The maximum atomic E-state index is 14.3. The van der Waals surface area contributed by atoms with Gasteiger partial charge in [0, 0.05) is 39.1 Å². The van der Waals surface area contributed by atoms with Gasteiger partial charge in [-0.2, -0.15) is 0 Å². The number of likely N-dealkylation sites (tertiary alicyclic amines) is 1. The summed E-state index contributed by atoms with van der Waals surface area (Å²) in [5.41, 5.74) is 3.13. The summed E-state index contributed by atoms with van der Waals surface area (Å²) >= 11 is 0. The Morgan fingerprint density at radius 3 is 2.76 bits per heavy atom. The number of alkyl halides is 1. The fourth-order valence-corrected chi connectivity index (χ4v) is 3.35. The second-order valence-electron chi connectivity index (χ2n) is 6.49. The van der Waals surface area contributed by atoms with Crippen molar-refractivity contribution in [2.24, 2.45) is 7.05 Å². The molecule has 2 aromatic heterocycles. The van der Waals surface area contributed by atoms with Gasteiger partial charge >= 0.3 is 0 Å². The van der Waals surface area contributed by atoms with Gasteiger partial charge in [0.2, 0.25) is 0 Å². The van der Waals surface area contributed by atoms with Crippen LogP contribution in [-0.4, -0.2) is 44.8 Å². The highest BCUT2D eigenvalue weighted by molar-refractivity contribution is 5.75. The first kappa shape index (κ1) is 16.2. The van der Waals surface area contributed by atoms with Crippen molar-refractivity contribution < 1.29 is 9.13 Å². The predicted octanol–water partition coefficient (Wildman–Crippen LogP) is 2.71. The van der Waals surface area contributed by atoms with E-state index in [9.17, 15) is 4.39 Å². The SMILES string of the molecule is Cn1c(CO[C@H]2CN(Cc3ccncc3)C[C@H]2F)nc2ccccc21. The van der Waals surface area contributed by atoms with E-state index in [-0.39, 0.29) is 0 Å². The number of ether oxygens (including phenoxy) is 1. The first-order chi connectivity index (χ1) is 12.2. The van der Waals surface area contributed by atoms with E-state index < -0.39 is 12.3 Å². The lowest BCUT2D eigenvalue weighted by atomic mass is 10.2. The Morgan fingerprint density at radius 2 is 1.96 bits per heavy atom. The van der Waals surface area contributed by atoms with E-state index in [1.54, 1.807) is 12.4 Å². The summed E-state index contributed by atoms with van der Waals surface area (Å²) in [6.45, 7) is 2.03. The lowest BCUT2D eigenvalue weighted by Gasteiger charge is -2.15. The van der Waals surface area contributed by atoms with Crippen molar-refractivity contribution in [1.82, 2.24) is 19.4 Å². The van der Waals surface area contributed by atoms with Gasteiger partial charge in [-0.05, 0) is 29.8 Å². The third-order valence-corrected chi connectivity index (χ3v) is 4.74. The average Bonchev–Trinajstić information content (AvgIpc) is 3.14. The van der Waals surface area contributed by atoms with Crippen LogP contribution in [0.4, 0.5) is 4.39 Å². The molecule has 1 aliphatic heterocycles. The molecule has 0 spiro atoms. The second-order valence-corrected chi connectivity index (χ2v) is 6.49. The molecule has 5 nitrogen and oxygen atoms in total. The normalized spacial score (nSPS) is 21.2. The van der Waals surface area contributed by atoms with E-state index in [0.29, 0.717) is 19.7 Å². The number of hydrogen-bond donors (Lipinski definition) is 0. The Balaban J connectivity index is 1.38. The molecule has 2 atom stereocenters. The van der Waals surface area contributed by atoms with Gasteiger partial charge in [0.05, 0.1) is 11.0 Å². The molecule has 1 fully saturated rings. The summed E-state index contributed by atoms with van der Waals surface area (Å²) in [6, 6.07) is 11.9. The zero-order valence-electron chi connectivity index (χ0n) is 14.2. The number of para-hydroxylation sites is 2. The molecule has 1 aromatic carbocycles. The number of pyridine rings is 1. The average molecular weight is 340 g/mol. The molecule has 130 valence electrons. The van der Waals surface area contributed by atoms with Crippen molar-refractivity contribution in [2.45, 2.75) is 25.4 Å².